The number of hydrogen-bond acceptors (Lipinski definition) is 5. The highest BCUT2D eigenvalue weighted by Gasteiger charge is 2.09. The van der Waals surface area contributed by atoms with Crippen molar-refractivity contribution >= 4 is 16.8 Å². The normalized spacial score (nSPS) is 11.3. The number of hydrogen-bond donors (Lipinski definition) is 0. The highest BCUT2D eigenvalue weighted by molar-refractivity contribution is 8.13. The van der Waals surface area contributed by atoms with E-state index in [0.29, 0.717) is 5.56 Å². The molecule has 96 valence electrons. The number of nitriles is 1. The molecular formula is C13H13N5S. The number of aromatic nitrogens is 3. The molecule has 0 fully saturated rings. The Balaban J connectivity index is 2.48. The van der Waals surface area contributed by atoms with E-state index in [-0.39, 0.29) is 0 Å². The van der Waals surface area contributed by atoms with Gasteiger partial charge in [-0.1, -0.05) is 6.07 Å². The van der Waals surface area contributed by atoms with Gasteiger partial charge in [0.2, 0.25) is 0 Å². The third-order valence-electron chi connectivity index (χ3n) is 2.52. The Morgan fingerprint density at radius 3 is 2.95 bits per heavy atom. The van der Waals surface area contributed by atoms with Gasteiger partial charge in [0, 0.05) is 12.1 Å². The number of aliphatic imine (C=N–C) groups is 1. The highest BCUT2D eigenvalue weighted by Crippen LogP contribution is 2.18. The van der Waals surface area contributed by atoms with Crippen LogP contribution in [0.5, 0.6) is 0 Å². The Kier molecular flexibility index (Phi) is 4.31. The Labute approximate surface area is 116 Å². The highest BCUT2D eigenvalue weighted by atomic mass is 32.2. The minimum Gasteiger partial charge on any atom is -0.278 e. The summed E-state index contributed by atoms with van der Waals surface area (Å²) in [6.07, 6.45) is 5.00. The Bertz CT molecular complexity index is 625. The van der Waals surface area contributed by atoms with Crippen molar-refractivity contribution in [2.24, 2.45) is 4.99 Å². The zero-order chi connectivity index (χ0) is 13.7. The molecule has 1 aromatic carbocycles. The van der Waals surface area contributed by atoms with Gasteiger partial charge in [0.05, 0.1) is 16.3 Å². The van der Waals surface area contributed by atoms with Crippen LogP contribution in [0.3, 0.4) is 0 Å². The summed E-state index contributed by atoms with van der Waals surface area (Å²) in [5.41, 5.74) is 2.23. The lowest BCUT2D eigenvalue weighted by molar-refractivity contribution is 0.875. The minimum atomic E-state index is 0.556. The molecule has 0 spiro atoms. The fraction of sp³-hybridized carbons (Fsp3) is 0.231. The maximum absolute atomic E-state index is 9.27. The first-order valence-corrected chi connectivity index (χ1v) is 7.00. The standard InChI is InChI=1S/C13H13N5S/c1-3-16-13(19-2)10-4-5-12(11(6-10)7-14)18-9-15-8-17-18/h4-6,8-9H,3H2,1-2H3. The minimum absolute atomic E-state index is 0.556. The van der Waals surface area contributed by atoms with Crippen molar-refractivity contribution in [1.82, 2.24) is 14.8 Å². The third-order valence-corrected chi connectivity index (χ3v) is 3.28. The molecule has 0 radical (unpaired) electrons. The molecule has 0 saturated heterocycles. The first kappa shape index (κ1) is 13.3. The molecule has 0 aliphatic rings. The summed E-state index contributed by atoms with van der Waals surface area (Å²) >= 11 is 1.58. The van der Waals surface area contributed by atoms with Crippen LogP contribution in [0.2, 0.25) is 0 Å². The largest absolute Gasteiger partial charge is 0.278 e. The van der Waals surface area contributed by atoms with Crippen molar-refractivity contribution in [2.75, 3.05) is 12.8 Å². The smallest absolute Gasteiger partial charge is 0.138 e. The average Bonchev–Trinajstić information content (AvgIpc) is 2.98. The molecule has 0 unspecified atom stereocenters. The topological polar surface area (TPSA) is 66.9 Å². The van der Waals surface area contributed by atoms with Crippen LogP contribution in [0, 0.1) is 11.3 Å². The van der Waals surface area contributed by atoms with E-state index in [0.717, 1.165) is 22.8 Å². The molecule has 0 N–H and O–H groups in total. The molecule has 0 aliphatic carbocycles. The van der Waals surface area contributed by atoms with E-state index in [2.05, 4.69) is 21.1 Å². The quantitative estimate of drug-likeness (QED) is 0.634. The van der Waals surface area contributed by atoms with Crippen LogP contribution < -0.4 is 0 Å². The summed E-state index contributed by atoms with van der Waals surface area (Å²) in [4.78, 5) is 8.31. The van der Waals surface area contributed by atoms with E-state index in [1.807, 2.05) is 31.4 Å². The molecule has 1 heterocycles. The van der Waals surface area contributed by atoms with E-state index in [4.69, 9.17) is 0 Å². The number of rotatable bonds is 3. The van der Waals surface area contributed by atoms with Crippen LogP contribution in [0.25, 0.3) is 5.69 Å². The first-order valence-electron chi connectivity index (χ1n) is 5.78. The molecule has 6 heteroatoms. The van der Waals surface area contributed by atoms with E-state index in [1.165, 1.54) is 6.33 Å². The van der Waals surface area contributed by atoms with Gasteiger partial charge in [-0.15, -0.1) is 11.8 Å². The van der Waals surface area contributed by atoms with Gasteiger partial charge in [0.1, 0.15) is 18.7 Å². The summed E-state index contributed by atoms with van der Waals surface area (Å²) in [7, 11) is 0. The zero-order valence-corrected chi connectivity index (χ0v) is 11.6. The summed E-state index contributed by atoms with van der Waals surface area (Å²) in [6, 6.07) is 7.84. The summed E-state index contributed by atoms with van der Waals surface area (Å²) in [5, 5.41) is 14.2. The number of nitrogens with zero attached hydrogens (tertiary/aromatic N) is 5. The second kappa shape index (κ2) is 6.16. The number of benzene rings is 1. The Morgan fingerprint density at radius 1 is 1.53 bits per heavy atom. The second-order valence-electron chi connectivity index (χ2n) is 3.67. The monoisotopic (exact) mass is 271 g/mol. The molecule has 0 atom stereocenters. The van der Waals surface area contributed by atoms with Gasteiger partial charge < -0.3 is 0 Å². The zero-order valence-electron chi connectivity index (χ0n) is 10.7. The lowest BCUT2D eigenvalue weighted by Crippen LogP contribution is -2.02. The second-order valence-corrected chi connectivity index (χ2v) is 4.46. The molecule has 0 saturated carbocycles. The molecule has 2 aromatic rings. The summed E-state index contributed by atoms with van der Waals surface area (Å²) < 4.78 is 1.58. The predicted molar refractivity (Wildman–Crippen MR) is 76.7 cm³/mol. The van der Waals surface area contributed by atoms with Crippen LogP contribution >= 0.6 is 11.8 Å². The molecule has 0 bridgehead atoms. The van der Waals surface area contributed by atoms with Crippen LogP contribution in [0.4, 0.5) is 0 Å². The van der Waals surface area contributed by atoms with Crippen LogP contribution in [0.1, 0.15) is 18.1 Å². The van der Waals surface area contributed by atoms with Gasteiger partial charge in [0.15, 0.2) is 0 Å². The molecule has 5 nitrogen and oxygen atoms in total. The molecule has 1 aromatic heterocycles. The van der Waals surface area contributed by atoms with Crippen molar-refractivity contribution in [3.8, 4) is 11.8 Å². The van der Waals surface area contributed by atoms with Gasteiger partial charge >= 0.3 is 0 Å². The molecule has 2 rings (SSSR count). The molecule has 19 heavy (non-hydrogen) atoms. The third kappa shape index (κ3) is 2.83. The van der Waals surface area contributed by atoms with E-state index in [9.17, 15) is 5.26 Å². The molecule has 0 aliphatic heterocycles. The van der Waals surface area contributed by atoms with Crippen LogP contribution in [-0.4, -0.2) is 32.6 Å². The molecule has 0 amide bonds. The van der Waals surface area contributed by atoms with Crippen molar-refractivity contribution < 1.29 is 0 Å². The van der Waals surface area contributed by atoms with Gasteiger partial charge in [-0.3, -0.25) is 4.99 Å². The maximum Gasteiger partial charge on any atom is 0.138 e. The van der Waals surface area contributed by atoms with E-state index < -0.39 is 0 Å². The summed E-state index contributed by atoms with van der Waals surface area (Å²) in [6.45, 7) is 2.72. The van der Waals surface area contributed by atoms with Crippen LogP contribution in [0.15, 0.2) is 35.8 Å². The summed E-state index contributed by atoms with van der Waals surface area (Å²) in [5.74, 6) is 0. The van der Waals surface area contributed by atoms with Crippen LogP contribution in [-0.2, 0) is 0 Å². The fourth-order valence-electron chi connectivity index (χ4n) is 1.71. The average molecular weight is 271 g/mol. The van der Waals surface area contributed by atoms with Gasteiger partial charge in [-0.05, 0) is 25.3 Å². The predicted octanol–water partition coefficient (Wildman–Crippen LogP) is 2.27. The fourth-order valence-corrected chi connectivity index (χ4v) is 2.33. The van der Waals surface area contributed by atoms with E-state index >= 15 is 0 Å². The van der Waals surface area contributed by atoms with Crippen molar-refractivity contribution in [3.63, 3.8) is 0 Å². The van der Waals surface area contributed by atoms with Gasteiger partial charge in [0.25, 0.3) is 0 Å². The lowest BCUT2D eigenvalue weighted by atomic mass is 10.1. The maximum atomic E-state index is 9.27. The Morgan fingerprint density at radius 2 is 2.37 bits per heavy atom. The first-order chi connectivity index (χ1) is 9.30. The lowest BCUT2D eigenvalue weighted by Gasteiger charge is -2.07. The van der Waals surface area contributed by atoms with Crippen molar-refractivity contribution in [1.29, 1.82) is 5.26 Å². The molecular weight excluding hydrogens is 258 g/mol. The Hall–Kier alpha value is -2.13. The SMILES string of the molecule is CCN=C(SC)c1ccc(-n2cncn2)c(C#N)c1. The van der Waals surface area contributed by atoms with Gasteiger partial charge in [-0.2, -0.15) is 10.4 Å². The number of thioether (sulfide) groups is 1. The van der Waals surface area contributed by atoms with Crippen molar-refractivity contribution in [2.45, 2.75) is 6.92 Å². The van der Waals surface area contributed by atoms with Gasteiger partial charge in [-0.25, -0.2) is 9.67 Å². The van der Waals surface area contributed by atoms with E-state index in [1.54, 1.807) is 22.8 Å². The van der Waals surface area contributed by atoms with Crippen molar-refractivity contribution in [3.05, 3.63) is 42.0 Å².